The predicted molar refractivity (Wildman–Crippen MR) is 105 cm³/mol. The maximum atomic E-state index is 12.8. The molecule has 0 saturated heterocycles. The van der Waals surface area contributed by atoms with Crippen LogP contribution in [0.3, 0.4) is 0 Å². The number of benzene rings is 2. The SMILES string of the molecule is COc1cc2c(cc1OC)C(=O)/C(=C/c1cc(-c3ccc(Cl)cc3)n[nH]1)C2. The van der Waals surface area contributed by atoms with Gasteiger partial charge in [0.25, 0.3) is 0 Å². The zero-order valence-corrected chi connectivity index (χ0v) is 15.6. The van der Waals surface area contributed by atoms with Crippen molar-refractivity contribution >= 4 is 23.5 Å². The molecule has 0 saturated carbocycles. The Balaban J connectivity index is 1.63. The zero-order valence-electron chi connectivity index (χ0n) is 14.9. The fourth-order valence-electron chi connectivity index (χ4n) is 3.22. The average molecular weight is 381 g/mol. The molecule has 0 atom stereocenters. The summed E-state index contributed by atoms with van der Waals surface area (Å²) < 4.78 is 10.6. The first kappa shape index (κ1) is 17.4. The summed E-state index contributed by atoms with van der Waals surface area (Å²) in [6.45, 7) is 0. The van der Waals surface area contributed by atoms with Crippen molar-refractivity contribution in [1.29, 1.82) is 0 Å². The topological polar surface area (TPSA) is 64.2 Å². The zero-order chi connectivity index (χ0) is 19.0. The van der Waals surface area contributed by atoms with Gasteiger partial charge in [-0.2, -0.15) is 5.10 Å². The number of fused-ring (bicyclic) bond motifs is 1. The van der Waals surface area contributed by atoms with E-state index in [1.54, 1.807) is 20.3 Å². The summed E-state index contributed by atoms with van der Waals surface area (Å²) in [7, 11) is 3.14. The summed E-state index contributed by atoms with van der Waals surface area (Å²) in [6.07, 6.45) is 2.39. The summed E-state index contributed by atoms with van der Waals surface area (Å²) in [5.41, 5.74) is 4.81. The van der Waals surface area contributed by atoms with E-state index in [1.165, 1.54) is 0 Å². The molecule has 5 nitrogen and oxygen atoms in total. The molecule has 1 aliphatic rings. The molecular weight excluding hydrogens is 364 g/mol. The van der Waals surface area contributed by atoms with E-state index in [9.17, 15) is 4.79 Å². The molecule has 1 aliphatic carbocycles. The summed E-state index contributed by atoms with van der Waals surface area (Å²) in [4.78, 5) is 12.8. The van der Waals surface area contributed by atoms with Gasteiger partial charge in [0.05, 0.1) is 25.6 Å². The number of H-pyrrole nitrogens is 1. The van der Waals surface area contributed by atoms with E-state index in [2.05, 4.69) is 10.2 Å². The Morgan fingerprint density at radius 3 is 2.48 bits per heavy atom. The second-order valence-corrected chi connectivity index (χ2v) is 6.69. The minimum Gasteiger partial charge on any atom is -0.493 e. The van der Waals surface area contributed by atoms with Gasteiger partial charge in [-0.3, -0.25) is 9.89 Å². The van der Waals surface area contributed by atoms with E-state index in [-0.39, 0.29) is 5.78 Å². The highest BCUT2D eigenvalue weighted by Gasteiger charge is 2.27. The number of ketones is 1. The summed E-state index contributed by atoms with van der Waals surface area (Å²) >= 11 is 5.93. The van der Waals surface area contributed by atoms with Gasteiger partial charge in [0, 0.05) is 28.1 Å². The van der Waals surface area contributed by atoms with Crippen LogP contribution in [0, 0.1) is 0 Å². The van der Waals surface area contributed by atoms with Crippen molar-refractivity contribution in [1.82, 2.24) is 10.2 Å². The molecule has 0 fully saturated rings. The molecule has 0 radical (unpaired) electrons. The van der Waals surface area contributed by atoms with Crippen molar-refractivity contribution < 1.29 is 14.3 Å². The summed E-state index contributed by atoms with van der Waals surface area (Å²) in [6, 6.07) is 13.0. The molecule has 27 heavy (non-hydrogen) atoms. The Bertz CT molecular complexity index is 1050. The third-order valence-electron chi connectivity index (χ3n) is 4.59. The van der Waals surface area contributed by atoms with E-state index in [0.717, 1.165) is 22.5 Å². The van der Waals surface area contributed by atoms with E-state index in [4.69, 9.17) is 21.1 Å². The predicted octanol–water partition coefficient (Wildman–Crippen LogP) is 4.57. The molecule has 2 aromatic carbocycles. The number of hydrogen-bond donors (Lipinski definition) is 1. The maximum absolute atomic E-state index is 12.8. The first-order valence-electron chi connectivity index (χ1n) is 8.40. The van der Waals surface area contributed by atoms with E-state index in [1.807, 2.05) is 42.5 Å². The molecule has 3 aromatic rings. The van der Waals surface area contributed by atoms with E-state index < -0.39 is 0 Å². The van der Waals surface area contributed by atoms with Crippen molar-refractivity contribution in [3.05, 3.63) is 69.9 Å². The molecule has 6 heteroatoms. The van der Waals surface area contributed by atoms with Gasteiger partial charge in [-0.15, -0.1) is 0 Å². The molecule has 1 heterocycles. The highest BCUT2D eigenvalue weighted by molar-refractivity contribution is 6.30. The monoisotopic (exact) mass is 380 g/mol. The highest BCUT2D eigenvalue weighted by atomic mass is 35.5. The minimum atomic E-state index is -0.00593. The molecule has 0 spiro atoms. The Morgan fingerprint density at radius 1 is 1.07 bits per heavy atom. The van der Waals surface area contributed by atoms with Crippen LogP contribution in [0.15, 0.2) is 48.0 Å². The Kier molecular flexibility index (Phi) is 4.46. The first-order valence-corrected chi connectivity index (χ1v) is 8.78. The number of halogens is 1. The van der Waals surface area contributed by atoms with Crippen LogP contribution >= 0.6 is 11.6 Å². The lowest BCUT2D eigenvalue weighted by Gasteiger charge is -2.08. The van der Waals surface area contributed by atoms with Crippen LogP contribution in [0.2, 0.25) is 5.02 Å². The van der Waals surface area contributed by atoms with Gasteiger partial charge in [-0.25, -0.2) is 0 Å². The van der Waals surface area contributed by atoms with Crippen molar-refractivity contribution in [2.24, 2.45) is 0 Å². The van der Waals surface area contributed by atoms with Gasteiger partial charge in [0.15, 0.2) is 17.3 Å². The Hall–Kier alpha value is -3.05. The number of ether oxygens (including phenoxy) is 2. The maximum Gasteiger partial charge on any atom is 0.189 e. The van der Waals surface area contributed by atoms with Crippen LogP contribution < -0.4 is 9.47 Å². The highest BCUT2D eigenvalue weighted by Crippen LogP contribution is 2.37. The molecule has 0 amide bonds. The number of carbonyl (C=O) groups excluding carboxylic acids is 1. The molecule has 0 unspecified atom stereocenters. The van der Waals surface area contributed by atoms with Crippen LogP contribution in [0.5, 0.6) is 11.5 Å². The van der Waals surface area contributed by atoms with E-state index >= 15 is 0 Å². The lowest BCUT2D eigenvalue weighted by Crippen LogP contribution is -1.97. The Labute approximate surface area is 161 Å². The minimum absolute atomic E-state index is 0.00593. The first-order chi connectivity index (χ1) is 13.1. The van der Waals surface area contributed by atoms with Crippen LogP contribution in [-0.2, 0) is 6.42 Å². The number of rotatable bonds is 4. The molecule has 1 aromatic heterocycles. The third kappa shape index (κ3) is 3.22. The van der Waals surface area contributed by atoms with E-state index in [0.29, 0.717) is 34.1 Å². The number of allylic oxidation sites excluding steroid dienone is 1. The number of aromatic nitrogens is 2. The van der Waals surface area contributed by atoms with Gasteiger partial charge >= 0.3 is 0 Å². The van der Waals surface area contributed by atoms with Gasteiger partial charge in [0.2, 0.25) is 0 Å². The number of aromatic amines is 1. The largest absolute Gasteiger partial charge is 0.493 e. The molecule has 0 aliphatic heterocycles. The second kappa shape index (κ2) is 6.93. The molecule has 0 bridgehead atoms. The van der Waals surface area contributed by atoms with Crippen molar-refractivity contribution in [3.63, 3.8) is 0 Å². The number of hydrogen-bond acceptors (Lipinski definition) is 4. The molecule has 1 N–H and O–H groups in total. The fourth-order valence-corrected chi connectivity index (χ4v) is 3.35. The summed E-state index contributed by atoms with van der Waals surface area (Å²) in [5.74, 6) is 1.17. The number of methoxy groups -OCH3 is 2. The van der Waals surface area contributed by atoms with Crippen LogP contribution in [0.4, 0.5) is 0 Å². The normalized spacial score (nSPS) is 14.5. The van der Waals surface area contributed by atoms with Crippen molar-refractivity contribution in [2.75, 3.05) is 14.2 Å². The lowest BCUT2D eigenvalue weighted by molar-refractivity contribution is 0.104. The van der Waals surface area contributed by atoms with Crippen LogP contribution in [-0.4, -0.2) is 30.2 Å². The molecule has 4 rings (SSSR count). The second-order valence-electron chi connectivity index (χ2n) is 6.26. The summed E-state index contributed by atoms with van der Waals surface area (Å²) in [5, 5.41) is 7.98. The smallest absolute Gasteiger partial charge is 0.189 e. The lowest BCUT2D eigenvalue weighted by atomic mass is 10.1. The van der Waals surface area contributed by atoms with Gasteiger partial charge in [-0.1, -0.05) is 23.7 Å². The Morgan fingerprint density at radius 2 is 1.78 bits per heavy atom. The van der Waals surface area contributed by atoms with Crippen molar-refractivity contribution in [2.45, 2.75) is 6.42 Å². The quantitative estimate of drug-likeness (QED) is 0.673. The fraction of sp³-hybridized carbons (Fsp3) is 0.143. The van der Waals surface area contributed by atoms with Gasteiger partial charge < -0.3 is 9.47 Å². The molecular formula is C21H17ClN2O3. The average Bonchev–Trinajstić information content (AvgIpc) is 3.26. The third-order valence-corrected chi connectivity index (χ3v) is 4.85. The van der Waals surface area contributed by atoms with Crippen LogP contribution in [0.1, 0.15) is 21.6 Å². The van der Waals surface area contributed by atoms with Crippen LogP contribution in [0.25, 0.3) is 17.3 Å². The number of nitrogens with one attached hydrogen (secondary N) is 1. The number of carbonyl (C=O) groups is 1. The molecule has 136 valence electrons. The van der Waals surface area contributed by atoms with Crippen molar-refractivity contribution in [3.8, 4) is 22.8 Å². The standard InChI is InChI=1S/C21H17ClN2O3/c1-26-19-9-13-7-14(21(25)17(13)11-20(19)27-2)8-16-10-18(24-23-16)12-3-5-15(22)6-4-12/h3-6,8-11H,7H2,1-2H3,(H,23,24)/b14-8+. The number of Topliss-reactive ketones (excluding diaryl/α,β-unsaturated/α-hetero) is 1. The number of nitrogens with zero attached hydrogens (tertiary/aromatic N) is 1. The van der Waals surface area contributed by atoms with Gasteiger partial charge in [0.1, 0.15) is 0 Å². The van der Waals surface area contributed by atoms with Gasteiger partial charge in [-0.05, 0) is 42.0 Å².